The molecule has 7 heteroatoms. The second kappa shape index (κ2) is 9.87. The van der Waals surface area contributed by atoms with Crippen LogP contribution in [0, 0.1) is 12.8 Å². The fourth-order valence-corrected chi connectivity index (χ4v) is 3.67. The van der Waals surface area contributed by atoms with Gasteiger partial charge < -0.3 is 14.6 Å². The van der Waals surface area contributed by atoms with Crippen molar-refractivity contribution in [2.45, 2.75) is 47.5 Å². The maximum Gasteiger partial charge on any atom is 0.409 e. The summed E-state index contributed by atoms with van der Waals surface area (Å²) in [6.45, 7) is 12.6. The van der Waals surface area contributed by atoms with Gasteiger partial charge in [0.2, 0.25) is 0 Å². The number of hydrogen-bond donors (Lipinski definition) is 1. The van der Waals surface area contributed by atoms with Crippen molar-refractivity contribution in [1.82, 2.24) is 14.8 Å². The molecule has 1 aliphatic heterocycles. The third kappa shape index (κ3) is 5.44. The van der Waals surface area contributed by atoms with Crippen LogP contribution in [0.25, 0.3) is 0 Å². The topological polar surface area (TPSA) is 82.7 Å². The monoisotopic (exact) mass is 391 g/mol. The minimum Gasteiger partial charge on any atom is -0.449 e. The molecule has 2 heterocycles. The molecule has 7 nitrogen and oxygen atoms in total. The molecule has 1 fully saturated rings. The highest BCUT2D eigenvalue weighted by Gasteiger charge is 2.25. The lowest BCUT2D eigenvalue weighted by molar-refractivity contribution is 0.0903. The maximum atomic E-state index is 12.9. The molecular weight excluding hydrogens is 358 g/mol. The van der Waals surface area contributed by atoms with Crippen LogP contribution in [0.15, 0.2) is 0 Å². The Kier molecular flexibility index (Phi) is 7.80. The molecule has 0 bridgehead atoms. The minimum absolute atomic E-state index is 0.0108. The van der Waals surface area contributed by atoms with Gasteiger partial charge in [-0.2, -0.15) is 0 Å². The molecule has 2 rings (SSSR count). The number of nitrogens with zero attached hydrogens (tertiary/aromatic N) is 2. The number of aryl methyl sites for hydroxylation is 1. The second-order valence-electron chi connectivity index (χ2n) is 7.90. The number of Topliss-reactive ketones (excluding diaryl/α,β-unsaturated/α-hetero) is 2. The fraction of sp³-hybridized carbons (Fsp3) is 0.667. The molecular formula is C21H33N3O4. The van der Waals surface area contributed by atoms with Gasteiger partial charge in [-0.15, -0.1) is 0 Å². The van der Waals surface area contributed by atoms with Crippen LogP contribution in [0.5, 0.6) is 0 Å². The number of ketones is 2. The van der Waals surface area contributed by atoms with Gasteiger partial charge in [-0.1, -0.05) is 20.8 Å². The Balaban J connectivity index is 1.99. The van der Waals surface area contributed by atoms with Crippen molar-refractivity contribution in [1.29, 1.82) is 0 Å². The van der Waals surface area contributed by atoms with E-state index in [1.807, 2.05) is 27.7 Å². The summed E-state index contributed by atoms with van der Waals surface area (Å²) in [5.41, 5.74) is 2.75. The molecule has 0 aliphatic carbocycles. The van der Waals surface area contributed by atoms with E-state index >= 15 is 0 Å². The van der Waals surface area contributed by atoms with E-state index in [0.29, 0.717) is 49.8 Å². The third-order valence-corrected chi connectivity index (χ3v) is 5.03. The van der Waals surface area contributed by atoms with Crippen molar-refractivity contribution in [2.24, 2.45) is 5.92 Å². The van der Waals surface area contributed by atoms with Crippen molar-refractivity contribution < 1.29 is 19.1 Å². The van der Waals surface area contributed by atoms with Crippen LogP contribution < -0.4 is 0 Å². The zero-order valence-electron chi connectivity index (χ0n) is 17.8. The summed E-state index contributed by atoms with van der Waals surface area (Å²) in [4.78, 5) is 43.9. The summed E-state index contributed by atoms with van der Waals surface area (Å²) in [5.74, 6) is 0.278. The van der Waals surface area contributed by atoms with Gasteiger partial charge >= 0.3 is 6.09 Å². The average molecular weight is 392 g/mol. The summed E-state index contributed by atoms with van der Waals surface area (Å²) >= 11 is 0. The van der Waals surface area contributed by atoms with Crippen molar-refractivity contribution in [3.05, 3.63) is 22.5 Å². The smallest absolute Gasteiger partial charge is 0.409 e. The van der Waals surface area contributed by atoms with E-state index in [2.05, 4.69) is 9.88 Å². The molecule has 0 spiro atoms. The Hall–Kier alpha value is -2.15. The van der Waals surface area contributed by atoms with Crippen LogP contribution in [0.3, 0.4) is 0 Å². The van der Waals surface area contributed by atoms with Gasteiger partial charge in [0.25, 0.3) is 0 Å². The number of amides is 1. The summed E-state index contributed by atoms with van der Waals surface area (Å²) in [6, 6.07) is 0. The molecule has 1 aromatic rings. The minimum atomic E-state index is -0.277. The van der Waals surface area contributed by atoms with Gasteiger partial charge in [-0.25, -0.2) is 4.79 Å². The SMILES string of the molecule is CCc1c(C(=O)CN2CCCN(C(=O)OCC(C)C)CC2)[nH]c(C)c1C(C)=O. The Morgan fingerprint density at radius 3 is 2.46 bits per heavy atom. The second-order valence-corrected chi connectivity index (χ2v) is 7.90. The molecule has 1 aliphatic rings. The Labute approximate surface area is 167 Å². The number of nitrogens with one attached hydrogen (secondary N) is 1. The van der Waals surface area contributed by atoms with Crippen molar-refractivity contribution in [3.63, 3.8) is 0 Å². The van der Waals surface area contributed by atoms with Gasteiger partial charge in [-0.3, -0.25) is 14.5 Å². The maximum absolute atomic E-state index is 12.9. The van der Waals surface area contributed by atoms with E-state index in [1.165, 1.54) is 6.92 Å². The lowest BCUT2D eigenvalue weighted by Gasteiger charge is -2.21. The zero-order valence-corrected chi connectivity index (χ0v) is 17.8. The number of H-pyrrole nitrogens is 1. The van der Waals surface area contributed by atoms with Crippen LogP contribution in [-0.2, 0) is 11.2 Å². The fourth-order valence-electron chi connectivity index (χ4n) is 3.67. The lowest BCUT2D eigenvalue weighted by Crippen LogP contribution is -2.37. The highest BCUT2D eigenvalue weighted by atomic mass is 16.6. The number of carbonyl (C=O) groups excluding carboxylic acids is 3. The number of aromatic amines is 1. The highest BCUT2D eigenvalue weighted by Crippen LogP contribution is 2.21. The first-order chi connectivity index (χ1) is 13.2. The van der Waals surface area contributed by atoms with Crippen molar-refractivity contribution in [3.8, 4) is 0 Å². The van der Waals surface area contributed by atoms with E-state index in [0.717, 1.165) is 24.2 Å². The van der Waals surface area contributed by atoms with E-state index in [-0.39, 0.29) is 24.2 Å². The zero-order chi connectivity index (χ0) is 20.8. The summed E-state index contributed by atoms with van der Waals surface area (Å²) in [7, 11) is 0. The molecule has 0 radical (unpaired) electrons. The predicted octanol–water partition coefficient (Wildman–Crippen LogP) is 3.07. The Bertz CT molecular complexity index is 723. The summed E-state index contributed by atoms with van der Waals surface area (Å²) in [5, 5.41) is 0. The van der Waals surface area contributed by atoms with Gasteiger partial charge in [0.05, 0.1) is 18.8 Å². The highest BCUT2D eigenvalue weighted by molar-refractivity contribution is 6.04. The van der Waals surface area contributed by atoms with Gasteiger partial charge in [0.1, 0.15) is 0 Å². The number of rotatable bonds is 7. The molecule has 1 N–H and O–H groups in total. The first kappa shape index (κ1) is 22.1. The Morgan fingerprint density at radius 2 is 1.86 bits per heavy atom. The first-order valence-corrected chi connectivity index (χ1v) is 10.1. The van der Waals surface area contributed by atoms with E-state index in [9.17, 15) is 14.4 Å². The molecule has 1 saturated heterocycles. The summed E-state index contributed by atoms with van der Waals surface area (Å²) < 4.78 is 5.32. The molecule has 0 unspecified atom stereocenters. The molecule has 0 saturated carbocycles. The van der Waals surface area contributed by atoms with Crippen LogP contribution >= 0.6 is 0 Å². The van der Waals surface area contributed by atoms with Gasteiger partial charge in [0.15, 0.2) is 11.6 Å². The van der Waals surface area contributed by atoms with Gasteiger partial charge in [0, 0.05) is 37.4 Å². The molecule has 1 aromatic heterocycles. The van der Waals surface area contributed by atoms with Gasteiger partial charge in [-0.05, 0) is 38.2 Å². The standard InChI is InChI=1S/C21H33N3O4/c1-6-17-19(16(5)25)15(4)22-20(17)18(26)12-23-8-7-9-24(11-10-23)21(27)28-13-14(2)3/h14,22H,6-13H2,1-5H3. The van der Waals surface area contributed by atoms with Crippen LogP contribution in [-0.4, -0.2) is 71.8 Å². The number of ether oxygens (including phenoxy) is 1. The van der Waals surface area contributed by atoms with E-state index < -0.39 is 0 Å². The number of aromatic nitrogens is 1. The van der Waals surface area contributed by atoms with Crippen LogP contribution in [0.1, 0.15) is 66.2 Å². The normalized spacial score (nSPS) is 15.6. The number of carbonyl (C=O) groups is 3. The number of hydrogen-bond acceptors (Lipinski definition) is 5. The van der Waals surface area contributed by atoms with Crippen molar-refractivity contribution in [2.75, 3.05) is 39.3 Å². The van der Waals surface area contributed by atoms with E-state index in [1.54, 1.807) is 4.90 Å². The quantitative estimate of drug-likeness (QED) is 0.722. The third-order valence-electron chi connectivity index (χ3n) is 5.03. The molecule has 28 heavy (non-hydrogen) atoms. The van der Waals surface area contributed by atoms with Crippen LogP contribution in [0.2, 0.25) is 0 Å². The molecule has 0 aromatic carbocycles. The predicted molar refractivity (Wildman–Crippen MR) is 108 cm³/mol. The van der Waals surface area contributed by atoms with Crippen molar-refractivity contribution >= 4 is 17.7 Å². The molecule has 156 valence electrons. The molecule has 0 atom stereocenters. The molecule has 1 amide bonds. The summed E-state index contributed by atoms with van der Waals surface area (Å²) in [6.07, 6.45) is 1.16. The average Bonchev–Trinajstić information content (AvgIpc) is 2.81. The largest absolute Gasteiger partial charge is 0.449 e. The van der Waals surface area contributed by atoms with Crippen LogP contribution in [0.4, 0.5) is 4.79 Å². The lowest BCUT2D eigenvalue weighted by atomic mass is 10.0. The van der Waals surface area contributed by atoms with E-state index in [4.69, 9.17) is 4.74 Å². The first-order valence-electron chi connectivity index (χ1n) is 10.1. The Morgan fingerprint density at radius 1 is 1.14 bits per heavy atom.